The Morgan fingerprint density at radius 2 is 0.426 bits per heavy atom. The van der Waals surface area contributed by atoms with Gasteiger partial charge in [-0.15, -0.1) is 0 Å². The lowest BCUT2D eigenvalue weighted by Crippen LogP contribution is -1.98. The number of rotatable bonds is 37. The Balaban J connectivity index is 2.25. The quantitative estimate of drug-likeness (QED) is 0.0676. The van der Waals surface area contributed by atoms with Crippen molar-refractivity contribution in [3.05, 3.63) is 46.5 Å². The molecule has 310 valence electrons. The average Bonchev–Trinajstić information content (AvgIpc) is 3.18. The van der Waals surface area contributed by atoms with Crippen LogP contribution in [0, 0.1) is 0 Å². The predicted octanol–water partition coefficient (Wildman–Crippen LogP) is 17.5. The van der Waals surface area contributed by atoms with Gasteiger partial charge in [0.1, 0.15) is 11.5 Å². The number of phenols is 2. The highest BCUT2D eigenvalue weighted by molar-refractivity contribution is 5.70. The fourth-order valence-corrected chi connectivity index (χ4v) is 8.41. The van der Waals surface area contributed by atoms with Crippen molar-refractivity contribution in [2.45, 2.75) is 259 Å². The molecule has 2 aromatic carbocycles. The number of aromatic hydroxyl groups is 2. The van der Waals surface area contributed by atoms with Crippen molar-refractivity contribution in [3.8, 4) is 22.6 Å². The summed E-state index contributed by atoms with van der Waals surface area (Å²) in [4.78, 5) is 0. The minimum Gasteiger partial charge on any atom is -0.507 e. The Morgan fingerprint density at radius 1 is 0.259 bits per heavy atom. The van der Waals surface area contributed by atoms with Crippen LogP contribution in [0.5, 0.6) is 11.5 Å². The molecule has 0 aliphatic rings. The number of unbranched alkanes of at least 4 members (excludes halogenated alkanes) is 28. The van der Waals surface area contributed by atoms with E-state index >= 15 is 0 Å². The molecule has 0 fully saturated rings. The fourth-order valence-electron chi connectivity index (χ4n) is 8.41. The fraction of sp³-hybridized carbons (Fsp3) is 0.769. The minimum atomic E-state index is 0.557. The minimum absolute atomic E-state index is 0.557. The molecule has 0 saturated heterocycles. The van der Waals surface area contributed by atoms with E-state index in [-0.39, 0.29) is 0 Å². The second kappa shape index (κ2) is 33.2. The van der Waals surface area contributed by atoms with Gasteiger partial charge in [0.2, 0.25) is 0 Å². The molecule has 0 saturated carbocycles. The Bertz CT molecular complexity index is 991. The lowest BCUT2D eigenvalue weighted by Gasteiger charge is -2.17. The second-order valence-electron chi connectivity index (χ2n) is 17.2. The zero-order valence-electron chi connectivity index (χ0n) is 36.7. The molecule has 0 bridgehead atoms. The van der Waals surface area contributed by atoms with Crippen LogP contribution in [-0.2, 0) is 25.7 Å². The zero-order valence-corrected chi connectivity index (χ0v) is 36.7. The summed E-state index contributed by atoms with van der Waals surface area (Å²) >= 11 is 0. The van der Waals surface area contributed by atoms with Crippen LogP contribution in [0.2, 0.25) is 0 Å². The van der Waals surface area contributed by atoms with Gasteiger partial charge in [0.05, 0.1) is 0 Å². The van der Waals surface area contributed by atoms with E-state index in [4.69, 9.17) is 0 Å². The topological polar surface area (TPSA) is 40.5 Å². The Labute approximate surface area is 337 Å². The molecule has 0 spiro atoms. The number of phenolic OH excluding ortho intramolecular Hbond substituents is 2. The summed E-state index contributed by atoms with van der Waals surface area (Å²) in [6.45, 7) is 9.16. The number of benzene rings is 2. The highest BCUT2D eigenvalue weighted by atomic mass is 16.3. The molecule has 2 nitrogen and oxygen atoms in total. The molecule has 2 aromatic rings. The van der Waals surface area contributed by atoms with E-state index < -0.39 is 0 Å². The highest BCUT2D eigenvalue weighted by Crippen LogP contribution is 2.37. The third kappa shape index (κ3) is 22.0. The van der Waals surface area contributed by atoms with E-state index in [2.05, 4.69) is 52.0 Å². The monoisotopic (exact) mass is 747 g/mol. The van der Waals surface area contributed by atoms with Gasteiger partial charge in [-0.2, -0.15) is 0 Å². The first kappa shape index (κ1) is 48.2. The maximum atomic E-state index is 11.6. The van der Waals surface area contributed by atoms with Crippen LogP contribution < -0.4 is 0 Å². The van der Waals surface area contributed by atoms with Gasteiger partial charge in [-0.1, -0.05) is 207 Å². The second-order valence-corrected chi connectivity index (χ2v) is 17.2. The molecule has 0 heterocycles. The van der Waals surface area contributed by atoms with Crippen molar-refractivity contribution < 1.29 is 10.2 Å². The van der Waals surface area contributed by atoms with E-state index in [9.17, 15) is 10.2 Å². The Hall–Kier alpha value is -1.96. The SMILES string of the molecule is CCCCCCCCCCc1cc(-c2cc(CCCCCCCCCC)c(O)c(CCCCCCCCCC)c2)cc(CCCCCCCCCC)c1O. The number of hydrogen-bond donors (Lipinski definition) is 2. The molecule has 0 unspecified atom stereocenters. The van der Waals surface area contributed by atoms with Crippen LogP contribution >= 0.6 is 0 Å². The first-order chi connectivity index (χ1) is 26.5. The van der Waals surface area contributed by atoms with Crippen LogP contribution in [0.15, 0.2) is 24.3 Å². The maximum Gasteiger partial charge on any atom is 0.121 e. The van der Waals surface area contributed by atoms with E-state index in [0.717, 1.165) is 73.6 Å². The largest absolute Gasteiger partial charge is 0.507 e. The third-order valence-corrected chi connectivity index (χ3v) is 12.1. The number of hydrogen-bond acceptors (Lipinski definition) is 2. The summed E-state index contributed by atoms with van der Waals surface area (Å²) in [6, 6.07) is 9.22. The molecule has 2 rings (SSSR count). The van der Waals surface area contributed by atoms with Crippen LogP contribution in [-0.4, -0.2) is 10.2 Å². The van der Waals surface area contributed by atoms with Gasteiger partial charge < -0.3 is 10.2 Å². The van der Waals surface area contributed by atoms with Crippen molar-refractivity contribution >= 4 is 0 Å². The van der Waals surface area contributed by atoms with Crippen LogP contribution in [0.4, 0.5) is 0 Å². The van der Waals surface area contributed by atoms with Crippen LogP contribution in [0.3, 0.4) is 0 Å². The van der Waals surface area contributed by atoms with Crippen molar-refractivity contribution in [2.24, 2.45) is 0 Å². The summed E-state index contributed by atoms with van der Waals surface area (Å²) in [5.74, 6) is 1.11. The molecule has 0 amide bonds. The van der Waals surface area contributed by atoms with Crippen molar-refractivity contribution in [2.75, 3.05) is 0 Å². The third-order valence-electron chi connectivity index (χ3n) is 12.1. The first-order valence-electron chi connectivity index (χ1n) is 24.2. The molecule has 0 radical (unpaired) electrons. The molecule has 2 N–H and O–H groups in total. The first-order valence-corrected chi connectivity index (χ1v) is 24.2. The molecular weight excluding hydrogens is 657 g/mol. The van der Waals surface area contributed by atoms with Gasteiger partial charge >= 0.3 is 0 Å². The van der Waals surface area contributed by atoms with Gasteiger partial charge in [0.15, 0.2) is 0 Å². The lowest BCUT2D eigenvalue weighted by atomic mass is 9.90. The van der Waals surface area contributed by atoms with E-state index in [1.807, 2.05) is 0 Å². The average molecular weight is 747 g/mol. The molecule has 0 aliphatic heterocycles. The van der Waals surface area contributed by atoms with Crippen molar-refractivity contribution in [1.82, 2.24) is 0 Å². The van der Waals surface area contributed by atoms with Crippen LogP contribution in [0.1, 0.15) is 255 Å². The Kier molecular flexibility index (Phi) is 29.6. The summed E-state index contributed by atoms with van der Waals surface area (Å²) < 4.78 is 0. The van der Waals surface area contributed by atoms with Gasteiger partial charge in [-0.3, -0.25) is 0 Å². The maximum absolute atomic E-state index is 11.6. The summed E-state index contributed by atoms with van der Waals surface area (Å²) in [5, 5.41) is 23.3. The van der Waals surface area contributed by atoms with Crippen LogP contribution in [0.25, 0.3) is 11.1 Å². The molecule has 0 aliphatic carbocycles. The Morgan fingerprint density at radius 3 is 0.611 bits per heavy atom. The van der Waals surface area contributed by atoms with Gasteiger partial charge in [0, 0.05) is 0 Å². The van der Waals surface area contributed by atoms with Gasteiger partial charge in [-0.05, 0) is 109 Å². The number of aryl methyl sites for hydroxylation is 4. The smallest absolute Gasteiger partial charge is 0.121 e. The summed E-state index contributed by atoms with van der Waals surface area (Å²) in [6.07, 6.45) is 45.5. The van der Waals surface area contributed by atoms with Gasteiger partial charge in [-0.25, -0.2) is 0 Å². The summed E-state index contributed by atoms with van der Waals surface area (Å²) in [5.41, 5.74) is 7.02. The summed E-state index contributed by atoms with van der Waals surface area (Å²) in [7, 11) is 0. The highest BCUT2D eigenvalue weighted by Gasteiger charge is 2.16. The van der Waals surface area contributed by atoms with E-state index in [1.165, 1.54) is 191 Å². The normalized spacial score (nSPS) is 11.6. The molecule has 0 aromatic heterocycles. The standard InChI is InChI=1S/C52H90O2/c1-5-9-13-17-21-25-29-33-37-45-41-49(42-46(51(45)53)38-34-30-26-22-18-14-10-6-2)50-43-47(39-35-31-27-23-19-15-11-7-3)52(54)48(44-50)40-36-32-28-24-20-16-12-8-4/h41-44,53-54H,5-40H2,1-4H3. The van der Waals surface area contributed by atoms with E-state index in [0.29, 0.717) is 11.5 Å². The molecule has 0 atom stereocenters. The van der Waals surface area contributed by atoms with Crippen molar-refractivity contribution in [3.63, 3.8) is 0 Å². The molecular formula is C52H90O2. The molecule has 54 heavy (non-hydrogen) atoms. The molecule has 2 heteroatoms. The zero-order chi connectivity index (χ0) is 38.9. The van der Waals surface area contributed by atoms with Crippen molar-refractivity contribution in [1.29, 1.82) is 0 Å². The van der Waals surface area contributed by atoms with Gasteiger partial charge in [0.25, 0.3) is 0 Å². The predicted molar refractivity (Wildman–Crippen MR) is 240 cm³/mol. The lowest BCUT2D eigenvalue weighted by molar-refractivity contribution is 0.456. The van der Waals surface area contributed by atoms with E-state index in [1.54, 1.807) is 0 Å².